The Hall–Kier alpha value is -4.58. The Balaban J connectivity index is 1.68. The first-order chi connectivity index (χ1) is 18.4. The molecule has 6 heteroatoms. The monoisotopic (exact) mass is 507 g/mol. The average molecular weight is 508 g/mol. The highest BCUT2D eigenvalue weighted by Crippen LogP contribution is 2.43. The third-order valence-corrected chi connectivity index (χ3v) is 6.44. The van der Waals surface area contributed by atoms with Crippen molar-refractivity contribution in [3.05, 3.63) is 108 Å². The summed E-state index contributed by atoms with van der Waals surface area (Å²) in [6, 6.07) is 26.7. The van der Waals surface area contributed by atoms with Crippen molar-refractivity contribution in [2.45, 2.75) is 32.9 Å². The Morgan fingerprint density at radius 1 is 0.868 bits per heavy atom. The van der Waals surface area contributed by atoms with Crippen LogP contribution in [0.1, 0.15) is 37.9 Å². The number of benzene rings is 4. The number of hydrogen-bond donors (Lipinski definition) is 1. The minimum Gasteiger partial charge on any atom is -0.507 e. The van der Waals surface area contributed by atoms with E-state index >= 15 is 0 Å². The molecule has 4 aromatic rings. The van der Waals surface area contributed by atoms with Crippen molar-refractivity contribution in [1.82, 2.24) is 0 Å². The molecule has 0 radical (unpaired) electrons. The SMILES string of the molecule is CCOc1ccc(N2C(=O)C(=O)/C(=C(\O)c3ccc4ccccc4c3)C2c2cccc(OC(C)C)c2)cc1. The van der Waals surface area contributed by atoms with E-state index in [0.29, 0.717) is 34.9 Å². The minimum atomic E-state index is -0.852. The molecule has 0 bridgehead atoms. The van der Waals surface area contributed by atoms with Crippen molar-refractivity contribution in [3.8, 4) is 11.5 Å². The van der Waals surface area contributed by atoms with Crippen LogP contribution in [0.15, 0.2) is 96.6 Å². The Morgan fingerprint density at radius 2 is 1.61 bits per heavy atom. The van der Waals surface area contributed by atoms with Crippen LogP contribution in [0, 0.1) is 0 Å². The van der Waals surface area contributed by atoms with Gasteiger partial charge in [-0.05, 0) is 79.6 Å². The highest BCUT2D eigenvalue weighted by Gasteiger charge is 2.47. The summed E-state index contributed by atoms with van der Waals surface area (Å²) in [5.41, 5.74) is 1.67. The van der Waals surface area contributed by atoms with E-state index in [0.717, 1.165) is 10.8 Å². The lowest BCUT2D eigenvalue weighted by atomic mass is 9.94. The lowest BCUT2D eigenvalue weighted by molar-refractivity contribution is -0.132. The van der Waals surface area contributed by atoms with Crippen LogP contribution in [-0.2, 0) is 9.59 Å². The molecule has 1 unspecified atom stereocenters. The molecular weight excluding hydrogens is 478 g/mol. The maximum atomic E-state index is 13.5. The van der Waals surface area contributed by atoms with Crippen LogP contribution in [0.4, 0.5) is 5.69 Å². The van der Waals surface area contributed by atoms with Crippen molar-refractivity contribution in [1.29, 1.82) is 0 Å². The first-order valence-electron chi connectivity index (χ1n) is 12.7. The standard InChI is InChI=1S/C32H29NO5/c1-4-37-26-16-14-25(15-17-26)33-29(23-10-7-11-27(19-23)38-20(2)3)28(31(35)32(33)36)30(34)24-13-12-21-8-5-6-9-22(21)18-24/h5-20,29,34H,4H2,1-3H3/b30-28-. The number of fused-ring (bicyclic) bond motifs is 1. The Labute approximate surface area is 221 Å². The fourth-order valence-electron chi connectivity index (χ4n) is 4.81. The first kappa shape index (κ1) is 25.1. The van der Waals surface area contributed by atoms with Gasteiger partial charge in [-0.1, -0.05) is 48.5 Å². The lowest BCUT2D eigenvalue weighted by Crippen LogP contribution is -2.29. The van der Waals surface area contributed by atoms with E-state index < -0.39 is 17.7 Å². The number of aliphatic hydroxyl groups is 1. The Kier molecular flexibility index (Phi) is 6.88. The zero-order chi connectivity index (χ0) is 26.8. The average Bonchev–Trinajstić information content (AvgIpc) is 3.18. The lowest BCUT2D eigenvalue weighted by Gasteiger charge is -2.26. The zero-order valence-electron chi connectivity index (χ0n) is 21.5. The molecule has 0 saturated carbocycles. The molecule has 1 N–H and O–H groups in total. The third kappa shape index (κ3) is 4.73. The second-order valence-corrected chi connectivity index (χ2v) is 9.40. The van der Waals surface area contributed by atoms with Gasteiger partial charge in [0.1, 0.15) is 17.3 Å². The van der Waals surface area contributed by atoms with E-state index in [-0.39, 0.29) is 17.4 Å². The molecule has 5 rings (SSSR count). The molecule has 0 aromatic heterocycles. The number of anilines is 1. The van der Waals surface area contributed by atoms with Crippen molar-refractivity contribution >= 4 is 33.9 Å². The van der Waals surface area contributed by atoms with Gasteiger partial charge in [0.2, 0.25) is 0 Å². The Morgan fingerprint density at radius 3 is 2.32 bits per heavy atom. The van der Waals surface area contributed by atoms with E-state index in [9.17, 15) is 14.7 Å². The minimum absolute atomic E-state index is 0.0286. The molecule has 38 heavy (non-hydrogen) atoms. The summed E-state index contributed by atoms with van der Waals surface area (Å²) in [7, 11) is 0. The molecule has 1 saturated heterocycles. The second-order valence-electron chi connectivity index (χ2n) is 9.40. The first-order valence-corrected chi connectivity index (χ1v) is 12.7. The summed E-state index contributed by atoms with van der Waals surface area (Å²) in [5.74, 6) is -0.405. The molecule has 1 aliphatic heterocycles. The fourth-order valence-corrected chi connectivity index (χ4v) is 4.81. The highest BCUT2D eigenvalue weighted by molar-refractivity contribution is 6.51. The van der Waals surface area contributed by atoms with E-state index in [1.807, 2.05) is 81.4 Å². The van der Waals surface area contributed by atoms with Crippen LogP contribution in [-0.4, -0.2) is 29.5 Å². The van der Waals surface area contributed by atoms with Crippen LogP contribution in [0.25, 0.3) is 16.5 Å². The van der Waals surface area contributed by atoms with E-state index in [4.69, 9.17) is 9.47 Å². The fraction of sp³-hybridized carbons (Fsp3) is 0.188. The number of rotatable bonds is 7. The van der Waals surface area contributed by atoms with Gasteiger partial charge in [0.15, 0.2) is 0 Å². The van der Waals surface area contributed by atoms with Gasteiger partial charge in [-0.25, -0.2) is 0 Å². The van der Waals surface area contributed by atoms with Gasteiger partial charge in [-0.15, -0.1) is 0 Å². The molecular formula is C32H29NO5. The van der Waals surface area contributed by atoms with Gasteiger partial charge in [0.25, 0.3) is 11.7 Å². The zero-order valence-corrected chi connectivity index (χ0v) is 21.5. The van der Waals surface area contributed by atoms with E-state index in [1.54, 1.807) is 30.3 Å². The maximum Gasteiger partial charge on any atom is 0.300 e. The maximum absolute atomic E-state index is 13.5. The molecule has 1 atom stereocenters. The molecule has 1 aliphatic rings. The smallest absolute Gasteiger partial charge is 0.300 e. The van der Waals surface area contributed by atoms with Gasteiger partial charge in [0, 0.05) is 11.3 Å². The molecule has 192 valence electrons. The van der Waals surface area contributed by atoms with E-state index in [1.165, 1.54) is 4.90 Å². The van der Waals surface area contributed by atoms with Crippen molar-refractivity contribution in [2.24, 2.45) is 0 Å². The van der Waals surface area contributed by atoms with Crippen molar-refractivity contribution in [2.75, 3.05) is 11.5 Å². The normalized spacial score (nSPS) is 16.8. The summed E-state index contributed by atoms with van der Waals surface area (Å²) in [4.78, 5) is 28.4. The predicted molar refractivity (Wildman–Crippen MR) is 149 cm³/mol. The van der Waals surface area contributed by atoms with Gasteiger partial charge >= 0.3 is 0 Å². The highest BCUT2D eigenvalue weighted by atomic mass is 16.5. The van der Waals surface area contributed by atoms with Crippen LogP contribution in [0.3, 0.4) is 0 Å². The van der Waals surface area contributed by atoms with Crippen LogP contribution in [0.5, 0.6) is 11.5 Å². The summed E-state index contributed by atoms with van der Waals surface area (Å²) < 4.78 is 11.4. The number of Topliss-reactive ketones (excluding diaryl/α,β-unsaturated/α-hetero) is 1. The molecule has 1 fully saturated rings. The number of carbonyl (C=O) groups excluding carboxylic acids is 2. The van der Waals surface area contributed by atoms with Gasteiger partial charge in [-0.2, -0.15) is 0 Å². The molecule has 1 amide bonds. The largest absolute Gasteiger partial charge is 0.507 e. The second kappa shape index (κ2) is 10.4. The summed E-state index contributed by atoms with van der Waals surface area (Å²) in [6.45, 7) is 6.26. The molecule has 1 heterocycles. The van der Waals surface area contributed by atoms with E-state index in [2.05, 4.69) is 0 Å². The summed E-state index contributed by atoms with van der Waals surface area (Å²) in [6.07, 6.45) is -0.0553. The topological polar surface area (TPSA) is 76.1 Å². The van der Waals surface area contributed by atoms with Gasteiger partial charge in [0.05, 0.1) is 24.3 Å². The predicted octanol–water partition coefficient (Wildman–Crippen LogP) is 6.65. The number of hydrogen-bond acceptors (Lipinski definition) is 5. The molecule has 0 spiro atoms. The Bertz CT molecular complexity index is 1540. The molecule has 0 aliphatic carbocycles. The molecule has 6 nitrogen and oxygen atoms in total. The quantitative estimate of drug-likeness (QED) is 0.172. The summed E-state index contributed by atoms with van der Waals surface area (Å²) in [5, 5.41) is 13.4. The summed E-state index contributed by atoms with van der Waals surface area (Å²) >= 11 is 0. The van der Waals surface area contributed by atoms with Crippen LogP contribution in [0.2, 0.25) is 0 Å². The van der Waals surface area contributed by atoms with Crippen molar-refractivity contribution < 1.29 is 24.2 Å². The molecule has 4 aromatic carbocycles. The number of ketones is 1. The van der Waals surface area contributed by atoms with Crippen LogP contribution >= 0.6 is 0 Å². The number of carbonyl (C=O) groups is 2. The van der Waals surface area contributed by atoms with Crippen LogP contribution < -0.4 is 14.4 Å². The van der Waals surface area contributed by atoms with Crippen molar-refractivity contribution in [3.63, 3.8) is 0 Å². The third-order valence-electron chi connectivity index (χ3n) is 6.44. The number of nitrogens with zero attached hydrogens (tertiary/aromatic N) is 1. The van der Waals surface area contributed by atoms with Gasteiger partial charge in [-0.3, -0.25) is 14.5 Å². The number of amides is 1. The number of aliphatic hydroxyl groups excluding tert-OH is 1. The number of ether oxygens (including phenoxy) is 2. The van der Waals surface area contributed by atoms with Gasteiger partial charge < -0.3 is 14.6 Å².